The van der Waals surface area contributed by atoms with E-state index in [9.17, 15) is 4.79 Å². The van der Waals surface area contributed by atoms with Gasteiger partial charge in [-0.05, 0) is 55.0 Å². The first-order chi connectivity index (χ1) is 15.1. The standard InChI is InChI=1S/C24H25N3O4/c1-18-8-11-21(12-9-18)30-14-15-31-22-13-10-19(16-23(22)29-2)17-25-27-24(28)26-20-6-4-3-5-7-20/h3-13,16-17H,14-15H2,1-2H3,(H2,26,27,28). The minimum Gasteiger partial charge on any atom is -0.493 e. The van der Waals surface area contributed by atoms with Gasteiger partial charge < -0.3 is 19.5 Å². The third kappa shape index (κ3) is 7.08. The second-order valence-corrected chi connectivity index (χ2v) is 6.61. The van der Waals surface area contributed by atoms with Crippen LogP contribution in [-0.4, -0.2) is 32.6 Å². The summed E-state index contributed by atoms with van der Waals surface area (Å²) in [4.78, 5) is 11.9. The Balaban J connectivity index is 1.47. The zero-order valence-corrected chi connectivity index (χ0v) is 17.5. The third-order valence-electron chi connectivity index (χ3n) is 4.23. The number of anilines is 1. The van der Waals surface area contributed by atoms with E-state index < -0.39 is 6.03 Å². The van der Waals surface area contributed by atoms with Gasteiger partial charge in [0.05, 0.1) is 13.3 Å². The molecular formula is C24H25N3O4. The normalized spacial score (nSPS) is 10.5. The van der Waals surface area contributed by atoms with Crippen LogP contribution in [0.1, 0.15) is 11.1 Å². The Kier molecular flexibility index (Phi) is 7.88. The molecule has 2 amide bonds. The molecule has 0 spiro atoms. The number of nitrogens with one attached hydrogen (secondary N) is 2. The zero-order chi connectivity index (χ0) is 21.9. The summed E-state index contributed by atoms with van der Waals surface area (Å²) < 4.78 is 16.8. The van der Waals surface area contributed by atoms with Crippen LogP contribution in [0.2, 0.25) is 0 Å². The molecule has 7 heteroatoms. The van der Waals surface area contributed by atoms with Crippen molar-refractivity contribution in [2.45, 2.75) is 6.92 Å². The van der Waals surface area contributed by atoms with Crippen molar-refractivity contribution in [2.24, 2.45) is 5.10 Å². The molecule has 0 aliphatic rings. The molecule has 0 fully saturated rings. The number of carbonyl (C=O) groups excluding carboxylic acids is 1. The molecule has 0 saturated heterocycles. The van der Waals surface area contributed by atoms with Gasteiger partial charge in [0, 0.05) is 5.69 Å². The smallest absolute Gasteiger partial charge is 0.339 e. The number of carbonyl (C=O) groups is 1. The van der Waals surface area contributed by atoms with E-state index in [0.29, 0.717) is 30.4 Å². The van der Waals surface area contributed by atoms with Crippen molar-refractivity contribution in [3.63, 3.8) is 0 Å². The van der Waals surface area contributed by atoms with Crippen LogP contribution < -0.4 is 25.0 Å². The predicted octanol–water partition coefficient (Wildman–Crippen LogP) is 4.62. The van der Waals surface area contributed by atoms with Gasteiger partial charge in [-0.1, -0.05) is 35.9 Å². The first-order valence-corrected chi connectivity index (χ1v) is 9.79. The lowest BCUT2D eigenvalue weighted by atomic mass is 10.2. The minimum atomic E-state index is -0.428. The number of rotatable bonds is 9. The summed E-state index contributed by atoms with van der Waals surface area (Å²) in [7, 11) is 1.57. The largest absolute Gasteiger partial charge is 0.493 e. The van der Waals surface area contributed by atoms with Crippen LogP contribution in [0, 0.1) is 6.92 Å². The molecule has 0 heterocycles. The Labute approximate surface area is 181 Å². The fraction of sp³-hybridized carbons (Fsp3) is 0.167. The molecule has 0 unspecified atom stereocenters. The van der Waals surface area contributed by atoms with E-state index in [2.05, 4.69) is 15.8 Å². The predicted molar refractivity (Wildman–Crippen MR) is 121 cm³/mol. The van der Waals surface area contributed by atoms with E-state index >= 15 is 0 Å². The van der Waals surface area contributed by atoms with E-state index in [1.54, 1.807) is 31.4 Å². The van der Waals surface area contributed by atoms with Gasteiger partial charge in [-0.15, -0.1) is 0 Å². The van der Waals surface area contributed by atoms with Crippen LogP contribution in [0.4, 0.5) is 10.5 Å². The van der Waals surface area contributed by atoms with Crippen LogP contribution in [0.5, 0.6) is 17.2 Å². The van der Waals surface area contributed by atoms with Gasteiger partial charge in [-0.3, -0.25) is 0 Å². The number of hydrogen-bond donors (Lipinski definition) is 2. The molecule has 2 N–H and O–H groups in total. The second kappa shape index (κ2) is 11.3. The number of benzene rings is 3. The maximum Gasteiger partial charge on any atom is 0.339 e. The number of amides is 2. The van der Waals surface area contributed by atoms with Gasteiger partial charge >= 0.3 is 6.03 Å². The summed E-state index contributed by atoms with van der Waals surface area (Å²) in [5.74, 6) is 1.96. The summed E-state index contributed by atoms with van der Waals surface area (Å²) >= 11 is 0. The Morgan fingerprint density at radius 3 is 2.42 bits per heavy atom. The van der Waals surface area contributed by atoms with Gasteiger partial charge in [0.25, 0.3) is 0 Å². The average molecular weight is 419 g/mol. The third-order valence-corrected chi connectivity index (χ3v) is 4.23. The van der Waals surface area contributed by atoms with Crippen molar-refractivity contribution in [3.05, 3.63) is 83.9 Å². The molecule has 0 atom stereocenters. The quantitative estimate of drug-likeness (QED) is 0.301. The first-order valence-electron chi connectivity index (χ1n) is 9.79. The van der Waals surface area contributed by atoms with Gasteiger partial charge in [0.1, 0.15) is 19.0 Å². The summed E-state index contributed by atoms with van der Waals surface area (Å²) in [6, 6.07) is 21.9. The highest BCUT2D eigenvalue weighted by Crippen LogP contribution is 2.27. The number of ether oxygens (including phenoxy) is 3. The van der Waals surface area contributed by atoms with E-state index in [4.69, 9.17) is 14.2 Å². The Hall–Kier alpha value is -4.00. The van der Waals surface area contributed by atoms with Gasteiger partial charge in [-0.2, -0.15) is 5.10 Å². The maximum atomic E-state index is 11.9. The molecule has 160 valence electrons. The van der Waals surface area contributed by atoms with Crippen molar-refractivity contribution in [3.8, 4) is 17.2 Å². The van der Waals surface area contributed by atoms with Crippen molar-refractivity contribution >= 4 is 17.9 Å². The van der Waals surface area contributed by atoms with E-state index in [1.807, 2.05) is 55.5 Å². The number of para-hydroxylation sites is 1. The number of aryl methyl sites for hydroxylation is 1. The molecule has 0 aromatic heterocycles. The van der Waals surface area contributed by atoms with Crippen LogP contribution in [0.25, 0.3) is 0 Å². The SMILES string of the molecule is COc1cc(C=NNC(=O)Nc2ccccc2)ccc1OCCOc1ccc(C)cc1. The number of nitrogens with zero attached hydrogens (tertiary/aromatic N) is 1. The van der Waals surface area contributed by atoms with Crippen LogP contribution >= 0.6 is 0 Å². The summed E-state index contributed by atoms with van der Waals surface area (Å²) in [5.41, 5.74) is 5.04. The number of hydrazone groups is 1. The highest BCUT2D eigenvalue weighted by Gasteiger charge is 2.06. The van der Waals surface area contributed by atoms with Crippen molar-refractivity contribution < 1.29 is 19.0 Å². The van der Waals surface area contributed by atoms with Crippen molar-refractivity contribution in [2.75, 3.05) is 25.6 Å². The van der Waals surface area contributed by atoms with Gasteiger partial charge in [0.15, 0.2) is 11.5 Å². The van der Waals surface area contributed by atoms with Crippen LogP contribution in [-0.2, 0) is 0 Å². The molecule has 0 aliphatic carbocycles. The highest BCUT2D eigenvalue weighted by molar-refractivity contribution is 5.90. The second-order valence-electron chi connectivity index (χ2n) is 6.61. The minimum absolute atomic E-state index is 0.374. The molecule has 31 heavy (non-hydrogen) atoms. The van der Waals surface area contributed by atoms with E-state index in [0.717, 1.165) is 11.3 Å². The Morgan fingerprint density at radius 2 is 1.68 bits per heavy atom. The number of urea groups is 1. The first kappa shape index (κ1) is 21.7. The Morgan fingerprint density at radius 1 is 0.935 bits per heavy atom. The fourth-order valence-corrected chi connectivity index (χ4v) is 2.68. The molecular weight excluding hydrogens is 394 g/mol. The zero-order valence-electron chi connectivity index (χ0n) is 17.5. The van der Waals surface area contributed by atoms with E-state index in [-0.39, 0.29) is 0 Å². The molecule has 3 aromatic carbocycles. The summed E-state index contributed by atoms with van der Waals surface area (Å²) in [6.07, 6.45) is 1.53. The molecule has 0 radical (unpaired) electrons. The number of methoxy groups -OCH3 is 1. The average Bonchev–Trinajstić information content (AvgIpc) is 2.79. The van der Waals surface area contributed by atoms with Crippen molar-refractivity contribution in [1.82, 2.24) is 5.43 Å². The lowest BCUT2D eigenvalue weighted by Gasteiger charge is -2.12. The van der Waals surface area contributed by atoms with Crippen LogP contribution in [0.3, 0.4) is 0 Å². The lowest BCUT2D eigenvalue weighted by Crippen LogP contribution is -2.24. The lowest BCUT2D eigenvalue weighted by molar-refractivity contribution is 0.211. The van der Waals surface area contributed by atoms with Crippen LogP contribution in [0.15, 0.2) is 77.9 Å². The molecule has 0 bridgehead atoms. The molecule has 0 aliphatic heterocycles. The highest BCUT2D eigenvalue weighted by atomic mass is 16.5. The fourth-order valence-electron chi connectivity index (χ4n) is 2.68. The van der Waals surface area contributed by atoms with Gasteiger partial charge in [-0.25, -0.2) is 10.2 Å². The van der Waals surface area contributed by atoms with Gasteiger partial charge in [0.2, 0.25) is 0 Å². The number of hydrogen-bond acceptors (Lipinski definition) is 5. The maximum absolute atomic E-state index is 11.9. The molecule has 0 saturated carbocycles. The molecule has 3 aromatic rings. The topological polar surface area (TPSA) is 81.2 Å². The van der Waals surface area contributed by atoms with Crippen molar-refractivity contribution in [1.29, 1.82) is 0 Å². The van der Waals surface area contributed by atoms with E-state index in [1.165, 1.54) is 11.8 Å². The Bertz CT molecular complexity index is 1010. The summed E-state index contributed by atoms with van der Waals surface area (Å²) in [6.45, 7) is 2.82. The molecule has 3 rings (SSSR count). The molecule has 7 nitrogen and oxygen atoms in total. The summed E-state index contributed by atoms with van der Waals surface area (Å²) in [5, 5.41) is 6.64. The monoisotopic (exact) mass is 419 g/mol.